The molecule has 2 saturated heterocycles. The number of halogens is 3. The van der Waals surface area contributed by atoms with Gasteiger partial charge in [0.1, 0.15) is 5.75 Å². The number of ether oxygens (including phenoxy) is 1. The fourth-order valence-electron chi connectivity index (χ4n) is 5.03. The number of fused-ring (bicyclic) bond motifs is 1. The van der Waals surface area contributed by atoms with E-state index in [-0.39, 0.29) is 18.4 Å². The van der Waals surface area contributed by atoms with Gasteiger partial charge in [0, 0.05) is 48.8 Å². The first kappa shape index (κ1) is 23.9. The highest BCUT2D eigenvalue weighted by Gasteiger charge is 2.50. The normalized spacial score (nSPS) is 22.3. The minimum absolute atomic E-state index is 0.0946. The Labute approximate surface area is 196 Å². The number of likely N-dealkylation sites (tertiary alicyclic amines) is 1. The number of aliphatic hydroxyl groups excluding tert-OH is 1. The van der Waals surface area contributed by atoms with Crippen molar-refractivity contribution in [1.29, 1.82) is 5.26 Å². The molecule has 2 aliphatic heterocycles. The lowest BCUT2D eigenvalue weighted by molar-refractivity contribution is -0.137. The summed E-state index contributed by atoms with van der Waals surface area (Å²) in [7, 11) is 0. The van der Waals surface area contributed by atoms with Crippen molar-refractivity contribution in [2.75, 3.05) is 44.3 Å². The van der Waals surface area contributed by atoms with E-state index in [2.05, 4.69) is 0 Å². The Hall–Kier alpha value is -3.25. The number of nitrogens with zero attached hydrogens (tertiary/aromatic N) is 3. The molecule has 0 radical (unpaired) electrons. The average molecular weight is 473 g/mol. The average Bonchev–Trinajstić information content (AvgIpc) is 3.23. The third-order valence-electron chi connectivity index (χ3n) is 6.94. The van der Waals surface area contributed by atoms with Gasteiger partial charge in [-0.25, -0.2) is 0 Å². The topological polar surface area (TPSA) is 76.8 Å². The van der Waals surface area contributed by atoms with E-state index in [1.807, 2.05) is 11.8 Å². The van der Waals surface area contributed by atoms with Gasteiger partial charge in [0.05, 0.1) is 30.4 Å². The Morgan fingerprint density at radius 2 is 1.97 bits per heavy atom. The van der Waals surface area contributed by atoms with Crippen LogP contribution in [0, 0.1) is 22.7 Å². The summed E-state index contributed by atoms with van der Waals surface area (Å²) in [6, 6.07) is 12.2. The Balaban J connectivity index is 1.53. The molecule has 9 heteroatoms. The first-order valence-corrected chi connectivity index (χ1v) is 11.2. The number of hydrogen-bond donors (Lipinski definition) is 1. The van der Waals surface area contributed by atoms with Gasteiger partial charge in [-0.2, -0.15) is 18.4 Å². The molecule has 1 N–H and O–H groups in total. The van der Waals surface area contributed by atoms with Crippen LogP contribution in [-0.4, -0.2) is 55.3 Å². The molecule has 6 nitrogen and oxygen atoms in total. The van der Waals surface area contributed by atoms with Crippen LogP contribution in [0.1, 0.15) is 34.8 Å². The molecule has 2 aromatic rings. The van der Waals surface area contributed by atoms with Crippen LogP contribution in [0.25, 0.3) is 0 Å². The summed E-state index contributed by atoms with van der Waals surface area (Å²) in [5, 5.41) is 19.3. The number of hydrogen-bond acceptors (Lipinski definition) is 5. The number of carbonyl (C=O) groups is 1. The zero-order valence-electron chi connectivity index (χ0n) is 18.8. The van der Waals surface area contributed by atoms with E-state index in [9.17, 15) is 23.1 Å². The van der Waals surface area contributed by atoms with Crippen molar-refractivity contribution in [3.05, 3.63) is 59.2 Å². The SMILES string of the molecule is CCOc1ccc(C(=O)N2CC[C@@]3(CO)CN(c4ccc(C#N)c(C(F)(F)F)c4)C[C@H]3C2)cc1. The maximum Gasteiger partial charge on any atom is 0.417 e. The van der Waals surface area contributed by atoms with Crippen molar-refractivity contribution < 1.29 is 27.8 Å². The summed E-state index contributed by atoms with van der Waals surface area (Å²) < 4.78 is 45.8. The Kier molecular flexibility index (Phi) is 6.45. The highest BCUT2D eigenvalue weighted by atomic mass is 19.4. The van der Waals surface area contributed by atoms with Crippen LogP contribution >= 0.6 is 0 Å². The number of amides is 1. The van der Waals surface area contributed by atoms with Gasteiger partial charge in [-0.1, -0.05) is 0 Å². The summed E-state index contributed by atoms with van der Waals surface area (Å²) in [5.74, 6) is 0.470. The van der Waals surface area contributed by atoms with Gasteiger partial charge < -0.3 is 19.6 Å². The number of piperidine rings is 1. The second-order valence-electron chi connectivity index (χ2n) is 8.90. The molecule has 2 aromatic carbocycles. The van der Waals surface area contributed by atoms with E-state index in [0.29, 0.717) is 56.2 Å². The van der Waals surface area contributed by atoms with Gasteiger partial charge in [0.25, 0.3) is 5.91 Å². The van der Waals surface area contributed by atoms with Gasteiger partial charge in [0.2, 0.25) is 0 Å². The van der Waals surface area contributed by atoms with Crippen LogP contribution in [0.3, 0.4) is 0 Å². The quantitative estimate of drug-likeness (QED) is 0.712. The highest BCUT2D eigenvalue weighted by Crippen LogP contribution is 2.45. The predicted molar refractivity (Wildman–Crippen MR) is 120 cm³/mol. The van der Waals surface area contributed by atoms with Gasteiger partial charge >= 0.3 is 6.18 Å². The monoisotopic (exact) mass is 473 g/mol. The summed E-state index contributed by atoms with van der Waals surface area (Å²) in [5.41, 5.74) is -0.985. The minimum atomic E-state index is -4.64. The lowest BCUT2D eigenvalue weighted by Gasteiger charge is -2.42. The first-order chi connectivity index (χ1) is 16.2. The molecule has 0 spiro atoms. The second-order valence-corrected chi connectivity index (χ2v) is 8.90. The number of alkyl halides is 3. The van der Waals surface area contributed by atoms with Crippen LogP contribution in [0.5, 0.6) is 5.75 Å². The molecule has 0 bridgehead atoms. The maximum absolute atomic E-state index is 13.4. The van der Waals surface area contributed by atoms with Crippen molar-refractivity contribution in [3.63, 3.8) is 0 Å². The fraction of sp³-hybridized carbons (Fsp3) is 0.440. The highest BCUT2D eigenvalue weighted by molar-refractivity contribution is 5.94. The molecular formula is C25H26F3N3O3. The number of rotatable bonds is 5. The van der Waals surface area contributed by atoms with Crippen molar-refractivity contribution in [1.82, 2.24) is 4.90 Å². The molecule has 2 fully saturated rings. The van der Waals surface area contributed by atoms with E-state index >= 15 is 0 Å². The first-order valence-electron chi connectivity index (χ1n) is 11.2. The molecule has 180 valence electrons. The number of aliphatic hydroxyl groups is 1. The van der Waals surface area contributed by atoms with Crippen LogP contribution in [0.4, 0.5) is 18.9 Å². The van der Waals surface area contributed by atoms with Crippen molar-refractivity contribution in [2.24, 2.45) is 11.3 Å². The van der Waals surface area contributed by atoms with E-state index in [1.54, 1.807) is 35.2 Å². The third kappa shape index (κ3) is 4.42. The maximum atomic E-state index is 13.4. The molecule has 34 heavy (non-hydrogen) atoms. The van der Waals surface area contributed by atoms with Gasteiger partial charge in [-0.3, -0.25) is 4.79 Å². The molecule has 0 aliphatic carbocycles. The van der Waals surface area contributed by atoms with E-state index in [0.717, 1.165) is 6.07 Å². The number of nitriles is 1. The Morgan fingerprint density at radius 1 is 1.24 bits per heavy atom. The molecule has 2 heterocycles. The molecule has 2 aliphatic rings. The van der Waals surface area contributed by atoms with Gasteiger partial charge in [-0.05, 0) is 55.8 Å². The second kappa shape index (κ2) is 9.18. The van der Waals surface area contributed by atoms with Crippen LogP contribution in [0.15, 0.2) is 42.5 Å². The van der Waals surface area contributed by atoms with Crippen molar-refractivity contribution in [2.45, 2.75) is 19.5 Å². The smallest absolute Gasteiger partial charge is 0.417 e. The number of anilines is 1. The summed E-state index contributed by atoms with van der Waals surface area (Å²) in [4.78, 5) is 16.6. The lowest BCUT2D eigenvalue weighted by atomic mass is 9.73. The summed E-state index contributed by atoms with van der Waals surface area (Å²) in [6.45, 7) is 3.97. The third-order valence-corrected chi connectivity index (χ3v) is 6.94. The summed E-state index contributed by atoms with van der Waals surface area (Å²) in [6.07, 6.45) is -4.08. The summed E-state index contributed by atoms with van der Waals surface area (Å²) >= 11 is 0. The predicted octanol–water partition coefficient (Wildman–Crippen LogP) is 3.94. The van der Waals surface area contributed by atoms with E-state index < -0.39 is 22.7 Å². The molecule has 2 atom stereocenters. The van der Waals surface area contributed by atoms with Crippen LogP contribution < -0.4 is 9.64 Å². The standard InChI is InChI=1S/C25H26F3N3O3/c1-2-34-21-7-4-17(5-8-21)23(33)30-10-9-24(16-32)15-31(14-19(24)13-30)20-6-3-18(12-29)22(11-20)25(26,27)28/h3-8,11,19,32H,2,9-10,13-16H2,1H3/t19-,24+/m1/s1. The lowest BCUT2D eigenvalue weighted by Crippen LogP contribution is -2.50. The molecule has 0 aromatic heterocycles. The zero-order valence-corrected chi connectivity index (χ0v) is 18.8. The van der Waals surface area contributed by atoms with E-state index in [4.69, 9.17) is 10.00 Å². The fourth-order valence-corrected chi connectivity index (χ4v) is 5.03. The Morgan fingerprint density at radius 3 is 2.59 bits per heavy atom. The van der Waals surface area contributed by atoms with Gasteiger partial charge in [0.15, 0.2) is 0 Å². The van der Waals surface area contributed by atoms with Crippen molar-refractivity contribution >= 4 is 11.6 Å². The van der Waals surface area contributed by atoms with Gasteiger partial charge in [-0.15, -0.1) is 0 Å². The van der Waals surface area contributed by atoms with Crippen molar-refractivity contribution in [3.8, 4) is 11.8 Å². The van der Waals surface area contributed by atoms with E-state index in [1.165, 1.54) is 12.1 Å². The molecule has 4 rings (SSSR count). The molecule has 1 amide bonds. The molecule has 0 unspecified atom stereocenters. The van der Waals surface area contributed by atoms with Crippen LogP contribution in [-0.2, 0) is 6.18 Å². The largest absolute Gasteiger partial charge is 0.494 e. The minimum Gasteiger partial charge on any atom is -0.494 e. The molecular weight excluding hydrogens is 447 g/mol. The Bertz CT molecular complexity index is 1100. The zero-order chi connectivity index (χ0) is 24.5. The molecule has 0 saturated carbocycles. The number of benzene rings is 2. The van der Waals surface area contributed by atoms with Crippen LogP contribution in [0.2, 0.25) is 0 Å². The number of carbonyl (C=O) groups excluding carboxylic acids is 1.